The average molecular weight is 438 g/mol. The number of amides is 2. The second-order valence-corrected chi connectivity index (χ2v) is 8.36. The van der Waals surface area contributed by atoms with Gasteiger partial charge in [-0.1, -0.05) is 30.3 Å². The van der Waals surface area contributed by atoms with Crippen LogP contribution in [0.1, 0.15) is 10.4 Å². The number of carbonyl (C=O) groups is 2. The number of hydrogen-bond donors (Lipinski definition) is 2. The zero-order valence-corrected chi connectivity index (χ0v) is 17.0. The Morgan fingerprint density at radius 3 is 2.19 bits per heavy atom. The highest BCUT2D eigenvalue weighted by Gasteiger charge is 2.27. The first kappa shape index (κ1) is 20.4. The van der Waals surface area contributed by atoms with Crippen molar-refractivity contribution in [2.75, 3.05) is 11.9 Å². The molecule has 0 saturated heterocycles. The van der Waals surface area contributed by atoms with E-state index in [1.807, 2.05) is 4.72 Å². The van der Waals surface area contributed by atoms with Gasteiger partial charge in [0, 0.05) is 11.3 Å². The summed E-state index contributed by atoms with van der Waals surface area (Å²) >= 11 is 0. The molecule has 1 aliphatic heterocycles. The number of para-hydroxylation sites is 2. The Hall–Kier alpha value is -3.85. The summed E-state index contributed by atoms with van der Waals surface area (Å²) in [6.07, 6.45) is -0.844. The van der Waals surface area contributed by atoms with Crippen molar-refractivity contribution in [2.45, 2.75) is 11.0 Å². The summed E-state index contributed by atoms with van der Waals surface area (Å²) in [6.45, 7) is 0.0564. The highest BCUT2D eigenvalue weighted by atomic mass is 32.2. The first-order valence-electron chi connectivity index (χ1n) is 9.34. The number of ether oxygens (including phenoxy) is 2. The molecule has 0 radical (unpaired) electrons. The van der Waals surface area contributed by atoms with Gasteiger partial charge in [0.2, 0.25) is 6.10 Å². The maximum Gasteiger partial charge on any atom is 0.269 e. The summed E-state index contributed by atoms with van der Waals surface area (Å²) < 4.78 is 38.1. The van der Waals surface area contributed by atoms with Crippen LogP contribution in [0.15, 0.2) is 83.8 Å². The van der Waals surface area contributed by atoms with Crippen molar-refractivity contribution < 1.29 is 27.5 Å². The van der Waals surface area contributed by atoms with Crippen LogP contribution in [-0.4, -0.2) is 32.9 Å². The summed E-state index contributed by atoms with van der Waals surface area (Å²) in [5.74, 6) is -0.113. The number of nitrogens with one attached hydrogen (secondary N) is 2. The van der Waals surface area contributed by atoms with Crippen LogP contribution in [0, 0.1) is 0 Å². The lowest BCUT2D eigenvalue weighted by molar-refractivity contribution is -0.125. The third-order valence-electron chi connectivity index (χ3n) is 4.50. The van der Waals surface area contributed by atoms with Gasteiger partial charge in [-0.2, -0.15) is 0 Å². The van der Waals surface area contributed by atoms with Gasteiger partial charge in [-0.3, -0.25) is 9.59 Å². The van der Waals surface area contributed by atoms with Gasteiger partial charge in [0.25, 0.3) is 21.8 Å². The van der Waals surface area contributed by atoms with Gasteiger partial charge < -0.3 is 14.8 Å². The van der Waals surface area contributed by atoms with E-state index >= 15 is 0 Å². The number of sulfonamides is 1. The van der Waals surface area contributed by atoms with E-state index in [0.717, 1.165) is 0 Å². The molecule has 0 aliphatic carbocycles. The molecule has 31 heavy (non-hydrogen) atoms. The van der Waals surface area contributed by atoms with Crippen LogP contribution in [0.4, 0.5) is 5.69 Å². The van der Waals surface area contributed by atoms with Gasteiger partial charge >= 0.3 is 0 Å². The molecule has 2 amide bonds. The van der Waals surface area contributed by atoms with Crippen molar-refractivity contribution in [3.05, 3.63) is 84.4 Å². The number of benzene rings is 3. The third kappa shape index (κ3) is 4.67. The molecule has 1 atom stereocenters. The molecule has 1 aliphatic rings. The Labute approximate surface area is 178 Å². The molecule has 0 bridgehead atoms. The van der Waals surface area contributed by atoms with Gasteiger partial charge in [0.15, 0.2) is 11.5 Å². The minimum Gasteiger partial charge on any atom is -0.485 e. The van der Waals surface area contributed by atoms with Crippen LogP contribution >= 0.6 is 0 Å². The SMILES string of the molecule is O=C(NS(=O)(=O)c1ccc(NC(=O)[C@@H]2COc3ccccc3O2)cc1)c1ccccc1. The van der Waals surface area contributed by atoms with Crippen molar-refractivity contribution in [1.82, 2.24) is 4.72 Å². The van der Waals surface area contributed by atoms with Crippen molar-refractivity contribution in [1.29, 1.82) is 0 Å². The zero-order valence-electron chi connectivity index (χ0n) is 16.1. The third-order valence-corrected chi connectivity index (χ3v) is 5.84. The van der Waals surface area contributed by atoms with Gasteiger partial charge in [-0.05, 0) is 48.5 Å². The Morgan fingerprint density at radius 1 is 0.839 bits per heavy atom. The fourth-order valence-electron chi connectivity index (χ4n) is 2.92. The second-order valence-electron chi connectivity index (χ2n) is 6.68. The standard InChI is InChI=1S/C22H18N2O6S/c25-21(15-6-2-1-3-7-15)24-31(27,28)17-12-10-16(11-13-17)23-22(26)20-14-29-18-8-4-5-9-19(18)30-20/h1-13,20H,14H2,(H,23,26)(H,24,25)/t20-/m0/s1. The number of hydrogen-bond acceptors (Lipinski definition) is 6. The van der Waals surface area contributed by atoms with Crippen LogP contribution in [-0.2, 0) is 14.8 Å². The first-order chi connectivity index (χ1) is 14.9. The summed E-state index contributed by atoms with van der Waals surface area (Å²) in [7, 11) is -4.06. The zero-order chi connectivity index (χ0) is 21.8. The molecule has 8 nitrogen and oxygen atoms in total. The van der Waals surface area contributed by atoms with Gasteiger partial charge in [0.05, 0.1) is 4.90 Å². The fraction of sp³-hybridized carbons (Fsp3) is 0.0909. The molecule has 0 aromatic heterocycles. The van der Waals surface area contributed by atoms with E-state index < -0.39 is 27.9 Å². The van der Waals surface area contributed by atoms with Gasteiger partial charge in [-0.25, -0.2) is 13.1 Å². The Bertz CT molecular complexity index is 1210. The van der Waals surface area contributed by atoms with Gasteiger partial charge in [0.1, 0.15) is 6.61 Å². The van der Waals surface area contributed by atoms with Crippen LogP contribution < -0.4 is 19.5 Å². The molecule has 158 valence electrons. The minimum atomic E-state index is -4.06. The number of carbonyl (C=O) groups excluding carboxylic acids is 2. The molecule has 0 spiro atoms. The summed E-state index contributed by atoms with van der Waals surface area (Å²) in [6, 6.07) is 20.5. The fourth-order valence-corrected chi connectivity index (χ4v) is 3.89. The predicted molar refractivity (Wildman–Crippen MR) is 113 cm³/mol. The molecule has 1 heterocycles. The average Bonchev–Trinajstić information content (AvgIpc) is 2.79. The lowest BCUT2D eigenvalue weighted by atomic mass is 10.2. The maximum atomic E-state index is 12.5. The van der Waals surface area contributed by atoms with Crippen LogP contribution in [0.25, 0.3) is 0 Å². The molecule has 0 saturated carbocycles. The smallest absolute Gasteiger partial charge is 0.269 e. The van der Waals surface area contributed by atoms with Crippen molar-refractivity contribution in [2.24, 2.45) is 0 Å². The van der Waals surface area contributed by atoms with E-state index in [1.54, 1.807) is 42.5 Å². The van der Waals surface area contributed by atoms with Crippen molar-refractivity contribution in [3.8, 4) is 11.5 Å². The van der Waals surface area contributed by atoms with Crippen molar-refractivity contribution >= 4 is 27.5 Å². The highest BCUT2D eigenvalue weighted by molar-refractivity contribution is 7.90. The van der Waals surface area contributed by atoms with E-state index in [-0.39, 0.29) is 17.1 Å². The van der Waals surface area contributed by atoms with E-state index in [9.17, 15) is 18.0 Å². The summed E-state index contributed by atoms with van der Waals surface area (Å²) in [4.78, 5) is 24.5. The number of fused-ring (bicyclic) bond motifs is 1. The van der Waals surface area contributed by atoms with E-state index in [4.69, 9.17) is 9.47 Å². The lowest BCUT2D eigenvalue weighted by Crippen LogP contribution is -2.40. The molecular formula is C22H18N2O6S. The predicted octanol–water partition coefficient (Wildman–Crippen LogP) is 2.58. The van der Waals surface area contributed by atoms with Gasteiger partial charge in [-0.15, -0.1) is 0 Å². The molecule has 0 fully saturated rings. The van der Waals surface area contributed by atoms with Crippen LogP contribution in [0.3, 0.4) is 0 Å². The minimum absolute atomic E-state index is 0.0564. The molecule has 9 heteroatoms. The van der Waals surface area contributed by atoms with Crippen molar-refractivity contribution in [3.63, 3.8) is 0 Å². The number of rotatable bonds is 5. The van der Waals surface area contributed by atoms with E-state index in [0.29, 0.717) is 17.2 Å². The number of anilines is 1. The molecule has 3 aromatic rings. The quantitative estimate of drug-likeness (QED) is 0.634. The Morgan fingerprint density at radius 2 is 1.48 bits per heavy atom. The second kappa shape index (κ2) is 8.49. The highest BCUT2D eigenvalue weighted by Crippen LogP contribution is 2.31. The van der Waals surface area contributed by atoms with E-state index in [2.05, 4.69) is 5.32 Å². The maximum absolute atomic E-state index is 12.5. The summed E-state index contributed by atoms with van der Waals surface area (Å²) in [5.41, 5.74) is 0.604. The normalized spacial score (nSPS) is 15.0. The molecule has 4 rings (SSSR count). The molecule has 3 aromatic carbocycles. The molecule has 2 N–H and O–H groups in total. The Balaban J connectivity index is 1.40. The topological polar surface area (TPSA) is 111 Å². The molecule has 0 unspecified atom stereocenters. The largest absolute Gasteiger partial charge is 0.485 e. The van der Waals surface area contributed by atoms with Crippen LogP contribution in [0.2, 0.25) is 0 Å². The molecular weight excluding hydrogens is 420 g/mol. The Kier molecular flexibility index (Phi) is 5.59. The van der Waals surface area contributed by atoms with E-state index in [1.165, 1.54) is 36.4 Å². The first-order valence-corrected chi connectivity index (χ1v) is 10.8. The monoisotopic (exact) mass is 438 g/mol. The van der Waals surface area contributed by atoms with Crippen LogP contribution in [0.5, 0.6) is 11.5 Å². The lowest BCUT2D eigenvalue weighted by Gasteiger charge is -2.25. The summed E-state index contributed by atoms with van der Waals surface area (Å²) in [5, 5.41) is 2.66.